The molecule has 0 radical (unpaired) electrons. The minimum absolute atomic E-state index is 0.0187. The largest absolute Gasteiger partial charge is 0.342 e. The summed E-state index contributed by atoms with van der Waals surface area (Å²) < 4.78 is 0. The zero-order valence-corrected chi connectivity index (χ0v) is 17.9. The van der Waals surface area contributed by atoms with Crippen molar-refractivity contribution in [2.45, 2.75) is 38.5 Å². The third kappa shape index (κ3) is 5.22. The van der Waals surface area contributed by atoms with Crippen LogP contribution in [0.15, 0.2) is 53.6 Å². The monoisotopic (exact) mass is 440 g/mol. The molecule has 2 aromatic rings. The minimum atomic E-state index is -0.468. The highest BCUT2D eigenvalue weighted by molar-refractivity contribution is 6.30. The Morgan fingerprint density at radius 3 is 2.42 bits per heavy atom. The van der Waals surface area contributed by atoms with Crippen LogP contribution in [0.4, 0.5) is 16.2 Å². The van der Waals surface area contributed by atoms with Gasteiger partial charge in [0.2, 0.25) is 0 Å². The number of nitrogens with one attached hydrogen (secondary N) is 1. The SMILES string of the molecule is O=C(Nc1ccc([N+](=O)[O-])cc1)N1CC(CC2CCCCC2)C(c2ccc(Cl)cc2)=N1. The quantitative estimate of drug-likeness (QED) is 0.451. The Bertz CT molecular complexity index is 969. The van der Waals surface area contributed by atoms with E-state index in [1.807, 2.05) is 24.3 Å². The molecule has 0 aromatic heterocycles. The molecule has 1 aliphatic carbocycles. The van der Waals surface area contributed by atoms with Gasteiger partial charge in [-0.1, -0.05) is 55.8 Å². The number of non-ortho nitro benzene ring substituents is 1. The number of rotatable bonds is 5. The summed E-state index contributed by atoms with van der Waals surface area (Å²) in [5, 5.41) is 20.4. The molecule has 1 unspecified atom stereocenters. The number of carbonyl (C=O) groups is 1. The van der Waals surface area contributed by atoms with Gasteiger partial charge >= 0.3 is 6.03 Å². The normalized spacial score (nSPS) is 19.2. The summed E-state index contributed by atoms with van der Waals surface area (Å²) in [5.74, 6) is 0.834. The molecule has 0 spiro atoms. The number of hydrogen-bond acceptors (Lipinski definition) is 4. The fourth-order valence-corrected chi connectivity index (χ4v) is 4.58. The van der Waals surface area contributed by atoms with Crippen molar-refractivity contribution in [3.63, 3.8) is 0 Å². The van der Waals surface area contributed by atoms with Crippen LogP contribution < -0.4 is 5.32 Å². The standard InChI is InChI=1S/C23H25ClN4O3/c24-19-8-6-17(7-9-19)22-18(14-16-4-2-1-3-5-16)15-27(26-22)23(29)25-20-10-12-21(13-11-20)28(30)31/h6-13,16,18H,1-5,14-15H2,(H,25,29). The van der Waals surface area contributed by atoms with Crippen LogP contribution in [-0.4, -0.2) is 28.2 Å². The molecule has 2 aliphatic rings. The molecule has 1 heterocycles. The first kappa shape index (κ1) is 21.3. The van der Waals surface area contributed by atoms with Crippen molar-refractivity contribution in [3.8, 4) is 0 Å². The Kier molecular flexibility index (Phi) is 6.51. The molecule has 1 atom stereocenters. The predicted molar refractivity (Wildman–Crippen MR) is 121 cm³/mol. The van der Waals surface area contributed by atoms with E-state index >= 15 is 0 Å². The highest BCUT2D eigenvalue weighted by Gasteiger charge is 2.33. The van der Waals surface area contributed by atoms with Crippen molar-refractivity contribution in [1.82, 2.24) is 5.01 Å². The third-order valence-electron chi connectivity index (χ3n) is 6.05. The highest BCUT2D eigenvalue weighted by Crippen LogP contribution is 2.33. The van der Waals surface area contributed by atoms with Crippen LogP contribution in [0.2, 0.25) is 5.02 Å². The number of hydrazone groups is 1. The first-order valence-corrected chi connectivity index (χ1v) is 11.0. The minimum Gasteiger partial charge on any atom is -0.306 e. The van der Waals surface area contributed by atoms with Crippen molar-refractivity contribution in [2.75, 3.05) is 11.9 Å². The zero-order valence-electron chi connectivity index (χ0n) is 17.2. The molecule has 2 aromatic carbocycles. The Labute approximate surface area is 186 Å². The molecule has 31 heavy (non-hydrogen) atoms. The van der Waals surface area contributed by atoms with E-state index in [0.717, 1.165) is 17.7 Å². The van der Waals surface area contributed by atoms with Gasteiger partial charge in [0.15, 0.2) is 0 Å². The molecule has 1 N–H and O–H groups in total. The lowest BCUT2D eigenvalue weighted by Gasteiger charge is -2.25. The summed E-state index contributed by atoms with van der Waals surface area (Å²) in [7, 11) is 0. The third-order valence-corrected chi connectivity index (χ3v) is 6.31. The van der Waals surface area contributed by atoms with E-state index in [4.69, 9.17) is 11.6 Å². The van der Waals surface area contributed by atoms with Gasteiger partial charge in [-0.15, -0.1) is 0 Å². The van der Waals surface area contributed by atoms with Gasteiger partial charge in [-0.2, -0.15) is 5.10 Å². The van der Waals surface area contributed by atoms with Crippen LogP contribution in [-0.2, 0) is 0 Å². The lowest BCUT2D eigenvalue weighted by Crippen LogP contribution is -2.31. The number of nitro groups is 1. The van der Waals surface area contributed by atoms with Crippen molar-refractivity contribution < 1.29 is 9.72 Å². The number of benzene rings is 2. The number of nitro benzene ring substituents is 1. The van der Waals surface area contributed by atoms with E-state index in [0.29, 0.717) is 23.2 Å². The average molecular weight is 441 g/mol. The maximum atomic E-state index is 12.9. The average Bonchev–Trinajstić information content (AvgIpc) is 3.19. The summed E-state index contributed by atoms with van der Waals surface area (Å²) in [6.45, 7) is 0.521. The highest BCUT2D eigenvalue weighted by atomic mass is 35.5. The van der Waals surface area contributed by atoms with Gasteiger partial charge in [-0.05, 0) is 42.2 Å². The zero-order chi connectivity index (χ0) is 21.8. The first-order chi connectivity index (χ1) is 15.0. The summed E-state index contributed by atoms with van der Waals surface area (Å²) >= 11 is 6.05. The van der Waals surface area contributed by atoms with Gasteiger partial charge in [-0.3, -0.25) is 10.1 Å². The second kappa shape index (κ2) is 9.47. The van der Waals surface area contributed by atoms with Gasteiger partial charge in [0.25, 0.3) is 5.69 Å². The Morgan fingerprint density at radius 1 is 1.10 bits per heavy atom. The number of halogens is 1. The second-order valence-corrected chi connectivity index (χ2v) is 8.68. The van der Waals surface area contributed by atoms with Crippen molar-refractivity contribution >= 4 is 34.7 Å². The fourth-order valence-electron chi connectivity index (χ4n) is 4.46. The van der Waals surface area contributed by atoms with Crippen LogP contribution in [0.3, 0.4) is 0 Å². The second-order valence-electron chi connectivity index (χ2n) is 8.25. The van der Waals surface area contributed by atoms with E-state index in [-0.39, 0.29) is 17.6 Å². The maximum Gasteiger partial charge on any atom is 0.342 e. The van der Waals surface area contributed by atoms with Crippen molar-refractivity contribution in [3.05, 3.63) is 69.2 Å². The number of anilines is 1. The first-order valence-electron chi connectivity index (χ1n) is 10.7. The van der Waals surface area contributed by atoms with Gasteiger partial charge in [0.05, 0.1) is 17.2 Å². The molecule has 1 aliphatic heterocycles. The summed E-state index contributed by atoms with van der Waals surface area (Å²) in [5.41, 5.74) is 2.38. The Balaban J connectivity index is 1.50. The molecule has 7 nitrogen and oxygen atoms in total. The summed E-state index contributed by atoms with van der Waals surface area (Å²) in [6, 6.07) is 13.0. The maximum absolute atomic E-state index is 12.9. The molecule has 162 valence electrons. The lowest BCUT2D eigenvalue weighted by molar-refractivity contribution is -0.384. The molecule has 0 bridgehead atoms. The van der Waals surface area contributed by atoms with Crippen LogP contribution >= 0.6 is 11.6 Å². The number of nitrogens with zero attached hydrogens (tertiary/aromatic N) is 3. The van der Waals surface area contributed by atoms with Gasteiger partial charge in [0.1, 0.15) is 0 Å². The molecule has 0 saturated heterocycles. The number of urea groups is 1. The van der Waals surface area contributed by atoms with E-state index in [1.165, 1.54) is 61.4 Å². The van der Waals surface area contributed by atoms with E-state index < -0.39 is 4.92 Å². The summed E-state index contributed by atoms with van der Waals surface area (Å²) in [6.07, 6.45) is 7.34. The van der Waals surface area contributed by atoms with E-state index in [2.05, 4.69) is 10.4 Å². The fraction of sp³-hybridized carbons (Fsp3) is 0.391. The summed E-state index contributed by atoms with van der Waals surface area (Å²) in [4.78, 5) is 23.2. The molecule has 4 rings (SSSR count). The van der Waals surface area contributed by atoms with Crippen molar-refractivity contribution in [2.24, 2.45) is 16.9 Å². The van der Waals surface area contributed by atoms with E-state index in [1.54, 1.807) is 0 Å². The Morgan fingerprint density at radius 2 is 1.77 bits per heavy atom. The lowest BCUT2D eigenvalue weighted by atomic mass is 9.80. The molecular weight excluding hydrogens is 416 g/mol. The molecule has 1 saturated carbocycles. The molecule has 1 fully saturated rings. The molecule has 2 amide bonds. The number of carbonyl (C=O) groups excluding carboxylic acids is 1. The van der Waals surface area contributed by atoms with Gasteiger partial charge in [0, 0.05) is 28.8 Å². The Hall–Kier alpha value is -2.93. The smallest absolute Gasteiger partial charge is 0.306 e. The predicted octanol–water partition coefficient (Wildman–Crippen LogP) is 6.09. The molecule has 8 heteroatoms. The van der Waals surface area contributed by atoms with Crippen LogP contribution in [0.5, 0.6) is 0 Å². The van der Waals surface area contributed by atoms with Gasteiger partial charge in [-0.25, -0.2) is 9.80 Å². The molecular formula is C23H25ClN4O3. The van der Waals surface area contributed by atoms with Crippen molar-refractivity contribution in [1.29, 1.82) is 0 Å². The van der Waals surface area contributed by atoms with Crippen LogP contribution in [0, 0.1) is 22.0 Å². The van der Waals surface area contributed by atoms with Crippen LogP contribution in [0.1, 0.15) is 44.1 Å². The van der Waals surface area contributed by atoms with Crippen LogP contribution in [0.25, 0.3) is 0 Å². The van der Waals surface area contributed by atoms with Gasteiger partial charge < -0.3 is 5.32 Å². The number of hydrogen-bond donors (Lipinski definition) is 1. The topological polar surface area (TPSA) is 87.8 Å². The van der Waals surface area contributed by atoms with E-state index in [9.17, 15) is 14.9 Å². The number of amides is 2.